The molecule has 0 bridgehead atoms. The fourth-order valence-electron chi connectivity index (χ4n) is 1.69. The van der Waals surface area contributed by atoms with Crippen LogP contribution in [0.25, 0.3) is 0 Å². The summed E-state index contributed by atoms with van der Waals surface area (Å²) < 4.78 is 5.15. The van der Waals surface area contributed by atoms with Crippen molar-refractivity contribution in [2.45, 2.75) is 0 Å². The molecule has 106 valence electrons. The number of hydrogen-bond acceptors (Lipinski definition) is 6. The van der Waals surface area contributed by atoms with E-state index in [4.69, 9.17) is 10.00 Å². The van der Waals surface area contributed by atoms with E-state index in [1.807, 2.05) is 6.07 Å². The van der Waals surface area contributed by atoms with Crippen molar-refractivity contribution in [1.82, 2.24) is 10.2 Å². The van der Waals surface area contributed by atoms with E-state index in [0.29, 0.717) is 22.8 Å². The molecule has 2 aromatic rings. The molecular weight excluding hydrogens is 270 g/mol. The molecule has 0 aliphatic rings. The summed E-state index contributed by atoms with van der Waals surface area (Å²) in [5.74, 6) is 0.495. The minimum Gasteiger partial charge on any atom is -0.495 e. The van der Waals surface area contributed by atoms with Gasteiger partial charge in [0.05, 0.1) is 12.7 Å². The Kier molecular flexibility index (Phi) is 4.31. The number of nitriles is 1. The summed E-state index contributed by atoms with van der Waals surface area (Å²) in [7, 11) is 3.17. The summed E-state index contributed by atoms with van der Waals surface area (Å²) in [6, 6.07) is 10.1. The number of amides is 1. The number of para-hydroxylation sites is 1. The molecule has 0 saturated carbocycles. The van der Waals surface area contributed by atoms with Crippen molar-refractivity contribution in [3.63, 3.8) is 0 Å². The average Bonchev–Trinajstić information content (AvgIpc) is 2.55. The van der Waals surface area contributed by atoms with Crippen LogP contribution < -0.4 is 15.4 Å². The van der Waals surface area contributed by atoms with Gasteiger partial charge in [-0.2, -0.15) is 5.26 Å². The number of aromatic nitrogens is 2. The second kappa shape index (κ2) is 6.34. The smallest absolute Gasteiger partial charge is 0.276 e. The van der Waals surface area contributed by atoms with E-state index in [9.17, 15) is 4.79 Å². The van der Waals surface area contributed by atoms with Gasteiger partial charge in [-0.3, -0.25) is 4.79 Å². The van der Waals surface area contributed by atoms with Gasteiger partial charge in [-0.05, 0) is 24.3 Å². The van der Waals surface area contributed by atoms with Crippen molar-refractivity contribution in [2.24, 2.45) is 0 Å². The van der Waals surface area contributed by atoms with Gasteiger partial charge in [0.15, 0.2) is 5.69 Å². The van der Waals surface area contributed by atoms with E-state index in [2.05, 4.69) is 20.8 Å². The van der Waals surface area contributed by atoms with Crippen LogP contribution in [0.15, 0.2) is 30.3 Å². The zero-order chi connectivity index (χ0) is 15.2. The highest BCUT2D eigenvalue weighted by molar-refractivity contribution is 6.04. The van der Waals surface area contributed by atoms with Gasteiger partial charge in [-0.15, -0.1) is 10.2 Å². The number of carbonyl (C=O) groups excluding carboxylic acids is 1. The summed E-state index contributed by atoms with van der Waals surface area (Å²) in [6.07, 6.45) is 0. The molecule has 0 unspecified atom stereocenters. The van der Waals surface area contributed by atoms with E-state index in [1.54, 1.807) is 31.3 Å². The molecule has 1 amide bonds. The zero-order valence-electron chi connectivity index (χ0n) is 11.5. The van der Waals surface area contributed by atoms with Gasteiger partial charge in [0.25, 0.3) is 5.91 Å². The third kappa shape index (κ3) is 3.06. The molecule has 1 aromatic heterocycles. The van der Waals surface area contributed by atoms with Gasteiger partial charge in [0.2, 0.25) is 0 Å². The molecule has 21 heavy (non-hydrogen) atoms. The maximum Gasteiger partial charge on any atom is 0.276 e. The van der Waals surface area contributed by atoms with Crippen LogP contribution in [-0.2, 0) is 0 Å². The lowest BCUT2D eigenvalue weighted by Gasteiger charge is -2.11. The molecule has 2 rings (SSSR count). The summed E-state index contributed by atoms with van der Waals surface area (Å²) in [4.78, 5) is 12.2. The summed E-state index contributed by atoms with van der Waals surface area (Å²) in [6.45, 7) is 0. The molecule has 7 heteroatoms. The molecule has 0 spiro atoms. The SMILES string of the molecule is CNc1ccc(C(=O)Nc2c(C#N)cccc2OC)nn1. The number of hydrogen-bond donors (Lipinski definition) is 2. The Morgan fingerprint density at radius 1 is 1.29 bits per heavy atom. The van der Waals surface area contributed by atoms with Crippen LogP contribution >= 0.6 is 0 Å². The van der Waals surface area contributed by atoms with Crippen LogP contribution in [0.3, 0.4) is 0 Å². The predicted molar refractivity (Wildman–Crippen MR) is 77.2 cm³/mol. The lowest BCUT2D eigenvalue weighted by molar-refractivity contribution is 0.102. The third-order valence-electron chi connectivity index (χ3n) is 2.76. The number of nitrogens with zero attached hydrogens (tertiary/aromatic N) is 3. The van der Waals surface area contributed by atoms with Gasteiger partial charge in [0.1, 0.15) is 23.3 Å². The van der Waals surface area contributed by atoms with Crippen molar-refractivity contribution in [1.29, 1.82) is 5.26 Å². The highest BCUT2D eigenvalue weighted by Crippen LogP contribution is 2.28. The summed E-state index contributed by atoms with van der Waals surface area (Å²) >= 11 is 0. The fraction of sp³-hybridized carbons (Fsp3) is 0.143. The van der Waals surface area contributed by atoms with Gasteiger partial charge in [-0.25, -0.2) is 0 Å². The Labute approximate surface area is 121 Å². The molecule has 1 aromatic carbocycles. The van der Waals surface area contributed by atoms with Gasteiger partial charge >= 0.3 is 0 Å². The van der Waals surface area contributed by atoms with Crippen molar-refractivity contribution in [3.05, 3.63) is 41.6 Å². The van der Waals surface area contributed by atoms with Crippen LogP contribution in [0.1, 0.15) is 16.1 Å². The first-order valence-electron chi connectivity index (χ1n) is 6.09. The van der Waals surface area contributed by atoms with Crippen LogP contribution in [-0.4, -0.2) is 30.3 Å². The first-order valence-corrected chi connectivity index (χ1v) is 6.09. The highest BCUT2D eigenvalue weighted by Gasteiger charge is 2.15. The van der Waals surface area contributed by atoms with Crippen molar-refractivity contribution in [3.8, 4) is 11.8 Å². The molecule has 0 atom stereocenters. The van der Waals surface area contributed by atoms with E-state index < -0.39 is 5.91 Å². The number of anilines is 2. The average molecular weight is 283 g/mol. The van der Waals surface area contributed by atoms with E-state index in [-0.39, 0.29) is 5.69 Å². The Hall–Kier alpha value is -3.14. The zero-order valence-corrected chi connectivity index (χ0v) is 11.5. The molecule has 0 radical (unpaired) electrons. The molecule has 7 nitrogen and oxygen atoms in total. The lowest BCUT2D eigenvalue weighted by Crippen LogP contribution is -2.16. The minimum absolute atomic E-state index is 0.142. The molecular formula is C14H13N5O2. The van der Waals surface area contributed by atoms with Crippen molar-refractivity contribution in [2.75, 3.05) is 24.8 Å². The van der Waals surface area contributed by atoms with Crippen molar-refractivity contribution < 1.29 is 9.53 Å². The second-order valence-electron chi connectivity index (χ2n) is 4.00. The summed E-state index contributed by atoms with van der Waals surface area (Å²) in [5.41, 5.74) is 0.762. The topological polar surface area (TPSA) is 99.9 Å². The Morgan fingerprint density at radius 2 is 2.10 bits per heavy atom. The van der Waals surface area contributed by atoms with Gasteiger partial charge in [-0.1, -0.05) is 6.07 Å². The van der Waals surface area contributed by atoms with Crippen molar-refractivity contribution >= 4 is 17.4 Å². The highest BCUT2D eigenvalue weighted by atomic mass is 16.5. The van der Waals surface area contributed by atoms with Gasteiger partial charge < -0.3 is 15.4 Å². The van der Waals surface area contributed by atoms with E-state index in [0.717, 1.165) is 0 Å². The monoisotopic (exact) mass is 283 g/mol. The van der Waals surface area contributed by atoms with Crippen LogP contribution in [0, 0.1) is 11.3 Å². The molecule has 0 saturated heterocycles. The lowest BCUT2D eigenvalue weighted by atomic mass is 10.1. The number of nitrogens with one attached hydrogen (secondary N) is 2. The molecule has 0 aliphatic carbocycles. The van der Waals surface area contributed by atoms with E-state index >= 15 is 0 Å². The van der Waals surface area contributed by atoms with Crippen LogP contribution in [0.5, 0.6) is 5.75 Å². The fourth-order valence-corrected chi connectivity index (χ4v) is 1.69. The number of carbonyl (C=O) groups is 1. The quantitative estimate of drug-likeness (QED) is 0.885. The number of rotatable bonds is 4. The number of ether oxygens (including phenoxy) is 1. The Balaban J connectivity index is 2.29. The second-order valence-corrected chi connectivity index (χ2v) is 4.00. The number of methoxy groups -OCH3 is 1. The standard InChI is InChI=1S/C14H13N5O2/c1-16-12-7-6-10(18-19-12)14(20)17-13-9(8-15)4-3-5-11(13)21-2/h3-7H,1-2H3,(H,16,19)(H,17,20). The first-order chi connectivity index (χ1) is 10.2. The molecule has 0 fully saturated rings. The molecule has 2 N–H and O–H groups in total. The normalized spacial score (nSPS) is 9.57. The minimum atomic E-state index is -0.467. The third-order valence-corrected chi connectivity index (χ3v) is 2.76. The van der Waals surface area contributed by atoms with E-state index in [1.165, 1.54) is 13.2 Å². The Morgan fingerprint density at radius 3 is 2.67 bits per heavy atom. The Bertz CT molecular complexity index is 692. The predicted octanol–water partition coefficient (Wildman–Crippen LogP) is 1.65. The van der Waals surface area contributed by atoms with Gasteiger partial charge in [0, 0.05) is 7.05 Å². The summed E-state index contributed by atoms with van der Waals surface area (Å²) in [5, 5.41) is 22.2. The molecule has 0 aliphatic heterocycles. The van der Waals surface area contributed by atoms with Crippen LogP contribution in [0.4, 0.5) is 11.5 Å². The number of benzene rings is 1. The maximum atomic E-state index is 12.2. The largest absolute Gasteiger partial charge is 0.495 e. The molecule has 1 heterocycles. The maximum absolute atomic E-state index is 12.2. The first kappa shape index (κ1) is 14.3. The van der Waals surface area contributed by atoms with Crippen LogP contribution in [0.2, 0.25) is 0 Å².